The van der Waals surface area contributed by atoms with Crippen LogP contribution in [0.5, 0.6) is 11.5 Å². The maximum absolute atomic E-state index is 12.7. The minimum absolute atomic E-state index is 0.193. The number of ether oxygens (including phenoxy) is 2. The van der Waals surface area contributed by atoms with E-state index in [0.29, 0.717) is 36.7 Å². The Hall–Kier alpha value is -3.29. The van der Waals surface area contributed by atoms with Gasteiger partial charge in [-0.05, 0) is 43.0 Å². The first-order valence-corrected chi connectivity index (χ1v) is 9.89. The van der Waals surface area contributed by atoms with Gasteiger partial charge in [0.15, 0.2) is 0 Å². The summed E-state index contributed by atoms with van der Waals surface area (Å²) in [7, 11) is 4.71. The highest BCUT2D eigenvalue weighted by Gasteiger charge is 2.25. The molecule has 8 heteroatoms. The molecule has 2 heterocycles. The first-order chi connectivity index (χ1) is 14.4. The summed E-state index contributed by atoms with van der Waals surface area (Å²) in [6.45, 7) is 1.64. The number of piperidine rings is 1. The quantitative estimate of drug-likeness (QED) is 0.778. The topological polar surface area (TPSA) is 89.9 Å². The zero-order chi connectivity index (χ0) is 21.7. The van der Waals surface area contributed by atoms with Gasteiger partial charge in [0, 0.05) is 44.5 Å². The van der Waals surface area contributed by atoms with Crippen LogP contribution in [0.4, 0.5) is 0 Å². The van der Waals surface area contributed by atoms with Crippen molar-refractivity contribution >= 4 is 11.8 Å². The number of methoxy groups -OCH3 is 2. The van der Waals surface area contributed by atoms with Crippen molar-refractivity contribution in [2.75, 3.05) is 33.9 Å². The van der Waals surface area contributed by atoms with Crippen LogP contribution >= 0.6 is 0 Å². The fraction of sp³-hybridized carbons (Fsp3) is 0.409. The number of nitrogens with one attached hydrogen (secondary N) is 1. The van der Waals surface area contributed by atoms with E-state index in [1.165, 1.54) is 18.8 Å². The lowest BCUT2D eigenvalue weighted by atomic mass is 9.96. The van der Waals surface area contributed by atoms with Gasteiger partial charge >= 0.3 is 0 Å². The largest absolute Gasteiger partial charge is 0.497 e. The number of pyridine rings is 1. The third kappa shape index (κ3) is 4.82. The lowest BCUT2D eigenvalue weighted by molar-refractivity contribution is 0.0682. The lowest BCUT2D eigenvalue weighted by Crippen LogP contribution is -2.43. The van der Waals surface area contributed by atoms with E-state index in [9.17, 15) is 14.4 Å². The van der Waals surface area contributed by atoms with Gasteiger partial charge in [0.25, 0.3) is 17.4 Å². The van der Waals surface area contributed by atoms with Crippen molar-refractivity contribution in [1.29, 1.82) is 0 Å². The van der Waals surface area contributed by atoms with Crippen LogP contribution in [0, 0.1) is 5.92 Å². The minimum atomic E-state index is -0.286. The molecule has 30 heavy (non-hydrogen) atoms. The molecule has 2 amide bonds. The average molecular weight is 413 g/mol. The Kier molecular flexibility index (Phi) is 6.76. The van der Waals surface area contributed by atoms with E-state index in [2.05, 4.69) is 5.32 Å². The summed E-state index contributed by atoms with van der Waals surface area (Å²) < 4.78 is 11.8. The van der Waals surface area contributed by atoms with Crippen LogP contribution in [0.1, 0.15) is 33.6 Å². The van der Waals surface area contributed by atoms with E-state index in [0.717, 1.165) is 12.8 Å². The fourth-order valence-electron chi connectivity index (χ4n) is 3.55. The first kappa shape index (κ1) is 21.4. The third-order valence-corrected chi connectivity index (χ3v) is 5.42. The molecule has 1 aromatic carbocycles. The smallest absolute Gasteiger partial charge is 0.263 e. The molecule has 0 saturated carbocycles. The van der Waals surface area contributed by atoms with Crippen LogP contribution in [0.2, 0.25) is 0 Å². The predicted molar refractivity (Wildman–Crippen MR) is 112 cm³/mol. The zero-order valence-corrected chi connectivity index (χ0v) is 17.5. The van der Waals surface area contributed by atoms with Crippen LogP contribution in [-0.4, -0.2) is 55.1 Å². The van der Waals surface area contributed by atoms with E-state index in [-0.39, 0.29) is 28.9 Å². The monoisotopic (exact) mass is 413 g/mol. The van der Waals surface area contributed by atoms with Gasteiger partial charge in [0.05, 0.1) is 14.2 Å². The Morgan fingerprint density at radius 1 is 1.10 bits per heavy atom. The number of carbonyl (C=O) groups excluding carboxylic acids is 2. The van der Waals surface area contributed by atoms with Crippen molar-refractivity contribution in [2.24, 2.45) is 13.0 Å². The second-order valence-corrected chi connectivity index (χ2v) is 7.38. The molecule has 1 aromatic heterocycles. The maximum atomic E-state index is 12.7. The molecule has 3 rings (SSSR count). The van der Waals surface area contributed by atoms with E-state index >= 15 is 0 Å². The molecule has 1 saturated heterocycles. The Labute approximate surface area is 175 Å². The summed E-state index contributed by atoms with van der Waals surface area (Å²) in [4.78, 5) is 39.1. The van der Waals surface area contributed by atoms with Gasteiger partial charge in [0.1, 0.15) is 17.1 Å². The summed E-state index contributed by atoms with van der Waals surface area (Å²) in [5.41, 5.74) is 0.378. The van der Waals surface area contributed by atoms with E-state index in [1.54, 1.807) is 48.5 Å². The van der Waals surface area contributed by atoms with Gasteiger partial charge < -0.3 is 24.3 Å². The van der Waals surface area contributed by atoms with Gasteiger partial charge in [-0.25, -0.2) is 0 Å². The van der Waals surface area contributed by atoms with Crippen molar-refractivity contribution in [3.63, 3.8) is 0 Å². The van der Waals surface area contributed by atoms with Gasteiger partial charge in [0.2, 0.25) is 0 Å². The number of likely N-dealkylation sites (tertiary alicyclic amines) is 1. The molecule has 0 aliphatic carbocycles. The van der Waals surface area contributed by atoms with E-state index in [1.807, 2.05) is 0 Å². The van der Waals surface area contributed by atoms with Crippen molar-refractivity contribution in [3.8, 4) is 11.5 Å². The molecule has 1 N–H and O–H groups in total. The number of aryl methyl sites for hydroxylation is 1. The lowest BCUT2D eigenvalue weighted by Gasteiger charge is -2.32. The molecule has 0 radical (unpaired) electrons. The van der Waals surface area contributed by atoms with Crippen molar-refractivity contribution < 1.29 is 19.1 Å². The molecule has 1 fully saturated rings. The third-order valence-electron chi connectivity index (χ3n) is 5.42. The van der Waals surface area contributed by atoms with Crippen LogP contribution in [0.15, 0.2) is 41.3 Å². The molecule has 1 aliphatic heterocycles. The van der Waals surface area contributed by atoms with Gasteiger partial charge in [-0.3, -0.25) is 14.4 Å². The zero-order valence-electron chi connectivity index (χ0n) is 17.5. The molecule has 0 atom stereocenters. The maximum Gasteiger partial charge on any atom is 0.263 e. The predicted octanol–water partition coefficient (Wildman–Crippen LogP) is 1.68. The average Bonchev–Trinajstić information content (AvgIpc) is 2.78. The Morgan fingerprint density at radius 3 is 2.33 bits per heavy atom. The number of rotatable bonds is 6. The van der Waals surface area contributed by atoms with Crippen LogP contribution < -0.4 is 20.3 Å². The van der Waals surface area contributed by atoms with Crippen molar-refractivity contribution in [1.82, 2.24) is 14.8 Å². The summed E-state index contributed by atoms with van der Waals surface area (Å²) in [6.07, 6.45) is 3.16. The Bertz CT molecular complexity index is 955. The molecular formula is C22H27N3O5. The molecule has 0 spiro atoms. The second-order valence-electron chi connectivity index (χ2n) is 7.38. The van der Waals surface area contributed by atoms with Gasteiger partial charge in [-0.2, -0.15) is 0 Å². The number of amides is 2. The molecule has 1 aliphatic rings. The van der Waals surface area contributed by atoms with Gasteiger partial charge in [-0.1, -0.05) is 0 Å². The van der Waals surface area contributed by atoms with E-state index < -0.39 is 0 Å². The number of hydrogen-bond acceptors (Lipinski definition) is 5. The highest BCUT2D eigenvalue weighted by atomic mass is 16.5. The molecule has 0 unspecified atom stereocenters. The highest BCUT2D eigenvalue weighted by Crippen LogP contribution is 2.23. The van der Waals surface area contributed by atoms with Gasteiger partial charge in [-0.15, -0.1) is 0 Å². The Morgan fingerprint density at radius 2 is 1.73 bits per heavy atom. The number of aromatic nitrogens is 1. The molecule has 8 nitrogen and oxygen atoms in total. The standard InChI is InChI=1S/C22H27N3O5/c1-24-8-4-5-19(21(24)27)22(28)25-9-6-15(7-10-25)14-23-20(26)16-11-17(29-2)13-18(12-16)30-3/h4-5,8,11-13,15H,6-7,9-10,14H2,1-3H3,(H,23,26). The minimum Gasteiger partial charge on any atom is -0.497 e. The SMILES string of the molecule is COc1cc(OC)cc(C(=O)NCC2CCN(C(=O)c3cccn(C)c3=O)CC2)c1. The second kappa shape index (κ2) is 9.47. The van der Waals surface area contributed by atoms with E-state index in [4.69, 9.17) is 9.47 Å². The number of benzene rings is 1. The van der Waals surface area contributed by atoms with Crippen LogP contribution in [0.25, 0.3) is 0 Å². The summed E-state index contributed by atoms with van der Waals surface area (Å²) >= 11 is 0. The normalized spacial score (nSPS) is 14.3. The molecule has 0 bridgehead atoms. The molecule has 160 valence electrons. The Balaban J connectivity index is 1.54. The number of carbonyl (C=O) groups is 2. The summed E-state index contributed by atoms with van der Waals surface area (Å²) in [5.74, 6) is 0.946. The first-order valence-electron chi connectivity index (χ1n) is 9.89. The highest BCUT2D eigenvalue weighted by molar-refractivity contribution is 5.95. The summed E-state index contributed by atoms with van der Waals surface area (Å²) in [5, 5.41) is 2.96. The number of nitrogens with zero attached hydrogens (tertiary/aromatic N) is 2. The fourth-order valence-corrected chi connectivity index (χ4v) is 3.55. The number of hydrogen-bond donors (Lipinski definition) is 1. The molecular weight excluding hydrogens is 386 g/mol. The van der Waals surface area contributed by atoms with Crippen LogP contribution in [0.3, 0.4) is 0 Å². The molecule has 2 aromatic rings. The van der Waals surface area contributed by atoms with Crippen molar-refractivity contribution in [2.45, 2.75) is 12.8 Å². The van der Waals surface area contributed by atoms with Crippen LogP contribution in [-0.2, 0) is 7.05 Å². The van der Waals surface area contributed by atoms with Crippen molar-refractivity contribution in [3.05, 3.63) is 58.0 Å². The summed E-state index contributed by atoms with van der Waals surface area (Å²) in [6, 6.07) is 8.31.